The zero-order valence-corrected chi connectivity index (χ0v) is 15.8. The Balaban J connectivity index is 1.71. The Kier molecular flexibility index (Phi) is 5.31. The maximum atomic E-state index is 13.3. The van der Waals surface area contributed by atoms with Crippen molar-refractivity contribution in [2.75, 3.05) is 13.2 Å². The first-order valence-electron chi connectivity index (χ1n) is 8.88. The van der Waals surface area contributed by atoms with Gasteiger partial charge in [-0.15, -0.1) is 11.3 Å². The van der Waals surface area contributed by atoms with Gasteiger partial charge in [0.15, 0.2) is 0 Å². The van der Waals surface area contributed by atoms with Crippen molar-refractivity contribution in [3.8, 4) is 11.3 Å². The molecule has 0 amide bonds. The van der Waals surface area contributed by atoms with E-state index in [0.717, 1.165) is 41.3 Å². The molecular weight excluding hydrogens is 365 g/mol. The number of rotatable bonds is 5. The van der Waals surface area contributed by atoms with E-state index in [2.05, 4.69) is 5.10 Å². The third-order valence-corrected chi connectivity index (χ3v) is 5.20. The maximum absolute atomic E-state index is 13.3. The van der Waals surface area contributed by atoms with Crippen LogP contribution in [0, 0.1) is 12.7 Å². The van der Waals surface area contributed by atoms with E-state index < -0.39 is 0 Å². The first-order chi connectivity index (χ1) is 13.2. The third-order valence-electron chi connectivity index (χ3n) is 4.34. The molecule has 0 spiro atoms. The van der Waals surface area contributed by atoms with Crippen molar-refractivity contribution in [3.63, 3.8) is 0 Å². The Bertz CT molecular complexity index is 995. The largest absolute Gasteiger partial charge is 0.460 e. The van der Waals surface area contributed by atoms with E-state index in [1.165, 1.54) is 23.5 Å². The number of aromatic nitrogens is 1. The molecule has 0 aliphatic carbocycles. The molecule has 0 saturated carbocycles. The van der Waals surface area contributed by atoms with Gasteiger partial charge in [0.2, 0.25) is 4.80 Å². The quantitative estimate of drug-likeness (QED) is 0.618. The van der Waals surface area contributed by atoms with Gasteiger partial charge in [-0.1, -0.05) is 0 Å². The smallest absolute Gasteiger partial charge is 0.206 e. The first kappa shape index (κ1) is 17.9. The van der Waals surface area contributed by atoms with E-state index in [1.807, 2.05) is 24.4 Å². The van der Waals surface area contributed by atoms with Crippen molar-refractivity contribution >= 4 is 17.6 Å². The fourth-order valence-corrected chi connectivity index (χ4v) is 3.79. The van der Waals surface area contributed by atoms with Gasteiger partial charge in [-0.3, -0.25) is 4.99 Å². The van der Waals surface area contributed by atoms with Crippen molar-refractivity contribution < 1.29 is 13.5 Å². The van der Waals surface area contributed by atoms with Crippen molar-refractivity contribution in [1.29, 1.82) is 0 Å². The number of aryl methyl sites for hydroxylation is 1. The van der Waals surface area contributed by atoms with E-state index in [0.29, 0.717) is 12.3 Å². The van der Waals surface area contributed by atoms with Crippen LogP contribution in [0.2, 0.25) is 0 Å². The zero-order valence-electron chi connectivity index (χ0n) is 15.0. The molecule has 7 heteroatoms. The van der Waals surface area contributed by atoms with Gasteiger partial charge in [-0.2, -0.15) is 5.10 Å². The van der Waals surface area contributed by atoms with Crippen LogP contribution in [0.5, 0.6) is 0 Å². The highest BCUT2D eigenvalue weighted by molar-refractivity contribution is 7.07. The number of thiazole rings is 1. The van der Waals surface area contributed by atoms with Crippen LogP contribution in [0.4, 0.5) is 4.39 Å². The number of hydrogen-bond acceptors (Lipinski definition) is 5. The molecule has 5 nitrogen and oxygen atoms in total. The molecule has 1 aliphatic rings. The summed E-state index contributed by atoms with van der Waals surface area (Å²) in [6, 6.07) is 10.1. The standard InChI is InChI=1S/C20H20FN3O2S/c1-14-4-9-18(26-14)12-23-24-19(15-5-7-16(21)8-6-15)13-27-20(24)22-11-17-3-2-10-25-17/h4-9,12-13,17H,2-3,10-11H2,1H3/b22-20?,23-12-/t17-/m0/s1. The number of benzene rings is 1. The molecule has 4 rings (SSSR count). The predicted molar refractivity (Wildman–Crippen MR) is 104 cm³/mol. The van der Waals surface area contributed by atoms with Crippen molar-refractivity contribution in [3.05, 3.63) is 63.9 Å². The normalized spacial score (nSPS) is 18.0. The van der Waals surface area contributed by atoms with Crippen LogP contribution in [0.15, 0.2) is 56.3 Å². The minimum absolute atomic E-state index is 0.173. The average Bonchev–Trinajstić information content (AvgIpc) is 3.40. The average molecular weight is 385 g/mol. The second kappa shape index (κ2) is 8.02. The monoisotopic (exact) mass is 385 g/mol. The van der Waals surface area contributed by atoms with Gasteiger partial charge in [0, 0.05) is 17.6 Å². The minimum Gasteiger partial charge on any atom is -0.460 e. The Labute approximate surface area is 160 Å². The lowest BCUT2D eigenvalue weighted by molar-refractivity contribution is 0.117. The summed E-state index contributed by atoms with van der Waals surface area (Å²) in [5.41, 5.74) is 1.73. The lowest BCUT2D eigenvalue weighted by Crippen LogP contribution is -2.17. The summed E-state index contributed by atoms with van der Waals surface area (Å²) in [4.78, 5) is 5.48. The highest BCUT2D eigenvalue weighted by Gasteiger charge is 2.15. The minimum atomic E-state index is -0.265. The van der Waals surface area contributed by atoms with Gasteiger partial charge >= 0.3 is 0 Å². The Morgan fingerprint density at radius 1 is 1.26 bits per heavy atom. The van der Waals surface area contributed by atoms with E-state index in [-0.39, 0.29) is 11.9 Å². The van der Waals surface area contributed by atoms with Crippen LogP contribution in [0.3, 0.4) is 0 Å². The molecule has 2 aromatic heterocycles. The third kappa shape index (κ3) is 4.26. The SMILES string of the molecule is Cc1ccc(/C=N\n2c(-c3ccc(F)cc3)csc2=NC[C@@H]2CCCO2)o1. The van der Waals surface area contributed by atoms with Crippen LogP contribution in [-0.2, 0) is 4.74 Å². The molecule has 27 heavy (non-hydrogen) atoms. The van der Waals surface area contributed by atoms with Crippen LogP contribution < -0.4 is 4.80 Å². The molecule has 3 heterocycles. The van der Waals surface area contributed by atoms with E-state index in [9.17, 15) is 4.39 Å². The van der Waals surface area contributed by atoms with Gasteiger partial charge in [0.1, 0.15) is 17.3 Å². The van der Waals surface area contributed by atoms with Gasteiger partial charge in [0.25, 0.3) is 0 Å². The second-order valence-corrected chi connectivity index (χ2v) is 7.23. The molecule has 0 unspecified atom stereocenters. The summed E-state index contributed by atoms with van der Waals surface area (Å²) in [5, 5.41) is 6.55. The van der Waals surface area contributed by atoms with Crippen LogP contribution >= 0.6 is 11.3 Å². The number of halogens is 1. The molecule has 0 N–H and O–H groups in total. The molecular formula is C20H20FN3O2S. The fourth-order valence-electron chi connectivity index (χ4n) is 2.94. The topological polar surface area (TPSA) is 52.0 Å². The zero-order chi connectivity index (χ0) is 18.6. The molecule has 3 aromatic rings. The predicted octanol–water partition coefficient (Wildman–Crippen LogP) is 4.22. The fraction of sp³-hybridized carbons (Fsp3) is 0.300. The first-order valence-corrected chi connectivity index (χ1v) is 9.76. The highest BCUT2D eigenvalue weighted by Crippen LogP contribution is 2.21. The maximum Gasteiger partial charge on any atom is 0.206 e. The number of furan rings is 1. The lowest BCUT2D eigenvalue weighted by atomic mass is 10.2. The Hall–Kier alpha value is -2.51. The molecule has 1 atom stereocenters. The van der Waals surface area contributed by atoms with Crippen LogP contribution in [-0.4, -0.2) is 30.1 Å². The van der Waals surface area contributed by atoms with Gasteiger partial charge in [0.05, 0.1) is 24.6 Å². The van der Waals surface area contributed by atoms with Crippen LogP contribution in [0.25, 0.3) is 11.3 Å². The second-order valence-electron chi connectivity index (χ2n) is 6.39. The van der Waals surface area contributed by atoms with E-state index in [4.69, 9.17) is 14.1 Å². The molecule has 1 saturated heterocycles. The van der Waals surface area contributed by atoms with Crippen molar-refractivity contribution in [2.45, 2.75) is 25.9 Å². The Morgan fingerprint density at radius 2 is 2.11 bits per heavy atom. The van der Waals surface area contributed by atoms with Gasteiger partial charge in [-0.05, 0) is 56.2 Å². The summed E-state index contributed by atoms with van der Waals surface area (Å²) in [6.45, 7) is 3.31. The molecule has 1 aromatic carbocycles. The highest BCUT2D eigenvalue weighted by atomic mass is 32.1. The van der Waals surface area contributed by atoms with Gasteiger partial charge < -0.3 is 9.15 Å². The van der Waals surface area contributed by atoms with Crippen molar-refractivity contribution in [1.82, 2.24) is 4.68 Å². The number of ether oxygens (including phenoxy) is 1. The Morgan fingerprint density at radius 3 is 2.81 bits per heavy atom. The summed E-state index contributed by atoms with van der Waals surface area (Å²) in [6.07, 6.45) is 3.96. The summed E-state index contributed by atoms with van der Waals surface area (Å²) < 4.78 is 26.3. The molecule has 1 fully saturated rings. The van der Waals surface area contributed by atoms with Gasteiger partial charge in [-0.25, -0.2) is 9.07 Å². The van der Waals surface area contributed by atoms with Crippen molar-refractivity contribution in [2.24, 2.45) is 10.1 Å². The summed E-state index contributed by atoms with van der Waals surface area (Å²) >= 11 is 1.50. The number of nitrogens with zero attached hydrogens (tertiary/aromatic N) is 3. The summed E-state index contributed by atoms with van der Waals surface area (Å²) in [7, 11) is 0. The molecule has 1 aliphatic heterocycles. The van der Waals surface area contributed by atoms with Crippen LogP contribution in [0.1, 0.15) is 24.4 Å². The molecule has 0 bridgehead atoms. The van der Waals surface area contributed by atoms with E-state index in [1.54, 1.807) is 23.0 Å². The molecule has 140 valence electrons. The lowest BCUT2D eigenvalue weighted by Gasteiger charge is -2.05. The molecule has 0 radical (unpaired) electrons. The number of hydrogen-bond donors (Lipinski definition) is 0. The van der Waals surface area contributed by atoms with E-state index >= 15 is 0 Å². The summed E-state index contributed by atoms with van der Waals surface area (Å²) in [5.74, 6) is 1.23.